The summed E-state index contributed by atoms with van der Waals surface area (Å²) in [6, 6.07) is 17.4. The molecule has 3 amide bonds. The molecule has 0 radical (unpaired) electrons. The van der Waals surface area contributed by atoms with E-state index in [1.807, 2.05) is 24.3 Å². The maximum Gasteiger partial charge on any atom is 0.397 e. The summed E-state index contributed by atoms with van der Waals surface area (Å²) in [5, 5.41) is 10.1. The maximum absolute atomic E-state index is 12.5. The summed E-state index contributed by atoms with van der Waals surface area (Å²) < 4.78 is 37.3. The first-order valence-corrected chi connectivity index (χ1v) is 12.4. The van der Waals surface area contributed by atoms with Gasteiger partial charge in [0.2, 0.25) is 5.91 Å². The minimum absolute atomic E-state index is 0.185. The van der Waals surface area contributed by atoms with Gasteiger partial charge in [0.25, 0.3) is 0 Å². The van der Waals surface area contributed by atoms with Crippen LogP contribution >= 0.6 is 0 Å². The Morgan fingerprint density at radius 1 is 1.00 bits per heavy atom. The molecule has 0 unspecified atom stereocenters. The van der Waals surface area contributed by atoms with Crippen molar-refractivity contribution >= 4 is 34.3 Å². The highest BCUT2D eigenvalue weighted by Gasteiger charge is 2.34. The van der Waals surface area contributed by atoms with E-state index in [0.29, 0.717) is 18.5 Å². The van der Waals surface area contributed by atoms with E-state index in [4.69, 9.17) is 4.98 Å². The van der Waals surface area contributed by atoms with Crippen molar-refractivity contribution in [1.82, 2.24) is 15.2 Å². The minimum Gasteiger partial charge on any atom is -0.363 e. The number of fused-ring (bicyclic) bond motifs is 2. The van der Waals surface area contributed by atoms with E-state index in [2.05, 4.69) is 40.2 Å². The van der Waals surface area contributed by atoms with Gasteiger partial charge < -0.3 is 20.9 Å². The van der Waals surface area contributed by atoms with Crippen LogP contribution in [0.1, 0.15) is 42.9 Å². The molecule has 0 bridgehead atoms. The number of urea groups is 1. The van der Waals surface area contributed by atoms with Crippen molar-refractivity contribution < 1.29 is 22.8 Å². The molecule has 1 atom stereocenters. The fourth-order valence-corrected chi connectivity index (χ4v) is 5.08. The molecule has 7 nitrogen and oxygen atoms in total. The number of benzene rings is 2. The maximum atomic E-state index is 12.5. The zero-order chi connectivity index (χ0) is 26.0. The van der Waals surface area contributed by atoms with Crippen LogP contribution in [-0.2, 0) is 11.2 Å². The van der Waals surface area contributed by atoms with E-state index in [-0.39, 0.29) is 25.2 Å². The van der Waals surface area contributed by atoms with Crippen molar-refractivity contribution in [1.29, 1.82) is 0 Å². The van der Waals surface area contributed by atoms with Gasteiger partial charge in [0.1, 0.15) is 12.2 Å². The van der Waals surface area contributed by atoms with Crippen LogP contribution in [0.5, 0.6) is 0 Å². The number of piperidine rings is 1. The molecule has 0 spiro atoms. The quantitative estimate of drug-likeness (QED) is 0.428. The first-order chi connectivity index (χ1) is 17.7. The van der Waals surface area contributed by atoms with Gasteiger partial charge >= 0.3 is 12.2 Å². The van der Waals surface area contributed by atoms with Crippen molar-refractivity contribution in [3.05, 3.63) is 65.7 Å². The first kappa shape index (κ1) is 24.9. The number of amides is 3. The summed E-state index contributed by atoms with van der Waals surface area (Å²) in [5.74, 6) is -0.126. The molecule has 1 fully saturated rings. The Morgan fingerprint density at radius 3 is 2.57 bits per heavy atom. The summed E-state index contributed by atoms with van der Waals surface area (Å²) >= 11 is 0. The summed E-state index contributed by atoms with van der Waals surface area (Å²) in [5.41, 5.74) is 4.09. The van der Waals surface area contributed by atoms with Crippen molar-refractivity contribution in [2.45, 2.75) is 50.4 Å². The van der Waals surface area contributed by atoms with E-state index in [1.165, 1.54) is 16.0 Å². The Morgan fingerprint density at radius 2 is 1.78 bits per heavy atom. The van der Waals surface area contributed by atoms with E-state index in [0.717, 1.165) is 29.6 Å². The van der Waals surface area contributed by atoms with E-state index in [9.17, 15) is 22.8 Å². The van der Waals surface area contributed by atoms with Gasteiger partial charge in [0, 0.05) is 30.2 Å². The monoisotopic (exact) mass is 511 g/mol. The molecular formula is C27H28F3N5O2. The number of nitrogens with zero attached hydrogens (tertiary/aromatic N) is 2. The molecule has 5 rings (SSSR count). The zero-order valence-corrected chi connectivity index (χ0v) is 20.1. The van der Waals surface area contributed by atoms with Gasteiger partial charge in [-0.15, -0.1) is 0 Å². The van der Waals surface area contributed by atoms with Gasteiger partial charge in [-0.1, -0.05) is 24.3 Å². The van der Waals surface area contributed by atoms with E-state index >= 15 is 0 Å². The minimum atomic E-state index is -4.51. The lowest BCUT2D eigenvalue weighted by molar-refractivity contribution is -0.162. The molecule has 1 aliphatic carbocycles. The number of aryl methyl sites for hydroxylation is 1. The topological polar surface area (TPSA) is 86.4 Å². The molecule has 0 saturated carbocycles. The first-order valence-electron chi connectivity index (χ1n) is 12.4. The van der Waals surface area contributed by atoms with Gasteiger partial charge in [0.15, 0.2) is 0 Å². The normalized spacial score (nSPS) is 17.9. The smallest absolute Gasteiger partial charge is 0.363 e. The average molecular weight is 512 g/mol. The van der Waals surface area contributed by atoms with E-state index < -0.39 is 24.5 Å². The Kier molecular flexibility index (Phi) is 6.90. The molecule has 10 heteroatoms. The molecule has 3 N–H and O–H groups in total. The molecular weight excluding hydrogens is 483 g/mol. The highest BCUT2D eigenvalue weighted by Crippen LogP contribution is 2.33. The van der Waals surface area contributed by atoms with Crippen LogP contribution in [0.25, 0.3) is 10.9 Å². The fourth-order valence-electron chi connectivity index (χ4n) is 5.08. The number of carbonyl (C=O) groups excluding carboxylic acids is 2. The number of likely N-dealkylation sites (tertiary alicyclic amines) is 1. The van der Waals surface area contributed by atoms with E-state index in [1.54, 1.807) is 6.07 Å². The fraction of sp³-hybridized carbons (Fsp3) is 0.370. The molecule has 2 heterocycles. The number of hydrogen-bond acceptors (Lipinski definition) is 4. The highest BCUT2D eigenvalue weighted by molar-refractivity contribution is 5.93. The van der Waals surface area contributed by atoms with Crippen molar-refractivity contribution in [3.63, 3.8) is 0 Å². The Labute approximate surface area is 212 Å². The van der Waals surface area contributed by atoms with Gasteiger partial charge in [0.05, 0.1) is 11.6 Å². The summed E-state index contributed by atoms with van der Waals surface area (Å²) in [6.45, 7) is 0.370. The lowest BCUT2D eigenvalue weighted by atomic mass is 10.0. The zero-order valence-electron chi connectivity index (χ0n) is 20.1. The molecule has 1 aromatic heterocycles. The molecule has 1 aliphatic heterocycles. The van der Waals surface area contributed by atoms with Crippen LogP contribution in [0.15, 0.2) is 54.6 Å². The Hall–Kier alpha value is -3.82. The van der Waals surface area contributed by atoms with Crippen molar-refractivity contribution in [3.8, 4) is 0 Å². The molecule has 2 aromatic carbocycles. The predicted octanol–water partition coefficient (Wildman–Crippen LogP) is 5.40. The highest BCUT2D eigenvalue weighted by atomic mass is 19.4. The predicted molar refractivity (Wildman–Crippen MR) is 135 cm³/mol. The second-order valence-electron chi connectivity index (χ2n) is 9.58. The second kappa shape index (κ2) is 10.3. The van der Waals surface area contributed by atoms with Crippen LogP contribution in [0.3, 0.4) is 0 Å². The number of alkyl halides is 3. The lowest BCUT2D eigenvalue weighted by Gasteiger charge is -2.32. The number of aromatic nitrogens is 1. The molecule has 2 aliphatic rings. The number of nitrogens with one attached hydrogen (secondary N) is 3. The largest absolute Gasteiger partial charge is 0.397 e. The van der Waals surface area contributed by atoms with Gasteiger partial charge in [-0.2, -0.15) is 13.2 Å². The van der Waals surface area contributed by atoms with Crippen LogP contribution in [0, 0.1) is 0 Å². The van der Waals surface area contributed by atoms with Crippen LogP contribution in [-0.4, -0.2) is 47.1 Å². The number of anilines is 2. The molecule has 194 valence electrons. The van der Waals surface area contributed by atoms with Crippen LogP contribution in [0.2, 0.25) is 0 Å². The molecule has 1 saturated heterocycles. The molecule has 37 heavy (non-hydrogen) atoms. The van der Waals surface area contributed by atoms with Crippen molar-refractivity contribution in [2.24, 2.45) is 0 Å². The van der Waals surface area contributed by atoms with Gasteiger partial charge in [-0.25, -0.2) is 9.78 Å². The van der Waals surface area contributed by atoms with Gasteiger partial charge in [-0.3, -0.25) is 4.79 Å². The molecule has 3 aromatic rings. The number of rotatable bonds is 5. The van der Waals surface area contributed by atoms with Gasteiger partial charge in [-0.05, 0) is 67.1 Å². The second-order valence-corrected chi connectivity index (χ2v) is 9.58. The van der Waals surface area contributed by atoms with Crippen LogP contribution in [0.4, 0.5) is 29.5 Å². The third-order valence-corrected chi connectivity index (χ3v) is 6.94. The van der Waals surface area contributed by atoms with Crippen LogP contribution < -0.4 is 16.0 Å². The number of hydrogen-bond donors (Lipinski definition) is 3. The number of pyridine rings is 1. The Bertz CT molecular complexity index is 1300. The number of carbonyl (C=O) groups is 2. The Balaban J connectivity index is 1.14. The standard InChI is InChI=1S/C27H28F3N5O2/c28-27(29,30)16-25(36)35-13-11-19(12-14-35)31-26(37)32-20-7-9-22-18(15-20)6-10-24(33-22)34-23-8-5-17-3-1-2-4-21(17)23/h1-4,6-7,9-10,15,19,23H,5,8,11-14,16H2,(H,33,34)(H2,31,32,37)/t23-/m1/s1. The summed E-state index contributed by atoms with van der Waals surface area (Å²) in [4.78, 5) is 30.2. The number of halogens is 3. The summed E-state index contributed by atoms with van der Waals surface area (Å²) in [6.07, 6.45) is -3.08. The lowest BCUT2D eigenvalue weighted by Crippen LogP contribution is -2.48. The third-order valence-electron chi connectivity index (χ3n) is 6.94. The van der Waals surface area contributed by atoms with Crippen molar-refractivity contribution in [2.75, 3.05) is 23.7 Å². The summed E-state index contributed by atoms with van der Waals surface area (Å²) in [7, 11) is 0. The third kappa shape index (κ3) is 6.12. The SMILES string of the molecule is O=C(Nc1ccc2nc(N[C@@H]3CCc4ccccc43)ccc2c1)NC1CCN(C(=O)CC(F)(F)F)CC1. The average Bonchev–Trinajstić information content (AvgIpc) is 3.26.